The molecule has 94 valence electrons. The predicted octanol–water partition coefficient (Wildman–Crippen LogP) is 1.92. The highest BCUT2D eigenvalue weighted by atomic mass is 16.6. The Morgan fingerprint density at radius 2 is 2.28 bits per heavy atom. The first-order valence-corrected chi connectivity index (χ1v) is 5.53. The topological polar surface area (TPSA) is 85.9 Å². The second-order valence-electron chi connectivity index (χ2n) is 3.67. The number of aromatic nitrogens is 3. The molecule has 0 atom stereocenters. The van der Waals surface area contributed by atoms with E-state index in [0.717, 1.165) is 0 Å². The molecule has 0 unspecified atom stereocenters. The zero-order valence-corrected chi connectivity index (χ0v) is 10.1. The molecule has 0 aliphatic rings. The fourth-order valence-corrected chi connectivity index (χ4v) is 1.64. The lowest BCUT2D eigenvalue weighted by Gasteiger charge is -2.08. The van der Waals surface area contributed by atoms with Crippen LogP contribution < -0.4 is 5.32 Å². The van der Waals surface area contributed by atoms with Crippen LogP contribution in [-0.2, 0) is 0 Å². The number of aryl methyl sites for hydroxylation is 1. The van der Waals surface area contributed by atoms with E-state index in [9.17, 15) is 10.1 Å². The maximum absolute atomic E-state index is 11.0. The summed E-state index contributed by atoms with van der Waals surface area (Å²) in [5.74, 6) is 1.53. The van der Waals surface area contributed by atoms with Gasteiger partial charge in [0.2, 0.25) is 5.82 Å². The SMILES string of the molecule is CCNc1ccc([N+](=O)[O-])c(-n2ccnc2C)n1. The molecule has 2 rings (SSSR count). The smallest absolute Gasteiger partial charge is 0.312 e. The van der Waals surface area contributed by atoms with Crippen molar-refractivity contribution in [2.24, 2.45) is 0 Å². The van der Waals surface area contributed by atoms with E-state index in [1.54, 1.807) is 30.0 Å². The van der Waals surface area contributed by atoms with Gasteiger partial charge in [-0.1, -0.05) is 0 Å². The summed E-state index contributed by atoms with van der Waals surface area (Å²) in [6.07, 6.45) is 3.24. The van der Waals surface area contributed by atoms with Crippen LogP contribution in [0.2, 0.25) is 0 Å². The summed E-state index contributed by atoms with van der Waals surface area (Å²) in [6, 6.07) is 3.04. The van der Waals surface area contributed by atoms with Gasteiger partial charge in [0.05, 0.1) is 4.92 Å². The molecule has 2 heterocycles. The van der Waals surface area contributed by atoms with E-state index >= 15 is 0 Å². The van der Waals surface area contributed by atoms with Crippen molar-refractivity contribution in [3.8, 4) is 5.82 Å². The van der Waals surface area contributed by atoms with Crippen LogP contribution in [-0.4, -0.2) is 26.0 Å². The van der Waals surface area contributed by atoms with E-state index in [1.807, 2.05) is 6.92 Å². The van der Waals surface area contributed by atoms with Gasteiger partial charge in [-0.2, -0.15) is 0 Å². The van der Waals surface area contributed by atoms with Crippen molar-refractivity contribution in [3.05, 3.63) is 40.5 Å². The molecule has 7 nitrogen and oxygen atoms in total. The molecule has 0 aliphatic heterocycles. The Labute approximate surface area is 104 Å². The van der Waals surface area contributed by atoms with Gasteiger partial charge in [-0.15, -0.1) is 0 Å². The van der Waals surface area contributed by atoms with Crippen LogP contribution >= 0.6 is 0 Å². The van der Waals surface area contributed by atoms with Gasteiger partial charge < -0.3 is 5.32 Å². The van der Waals surface area contributed by atoms with E-state index in [2.05, 4.69) is 15.3 Å². The maximum Gasteiger partial charge on any atom is 0.312 e. The average Bonchev–Trinajstić information content (AvgIpc) is 2.75. The highest BCUT2D eigenvalue weighted by Gasteiger charge is 2.18. The molecule has 0 saturated carbocycles. The van der Waals surface area contributed by atoms with Crippen molar-refractivity contribution in [3.63, 3.8) is 0 Å². The lowest BCUT2D eigenvalue weighted by molar-refractivity contribution is -0.384. The highest BCUT2D eigenvalue weighted by molar-refractivity contribution is 5.53. The molecule has 0 radical (unpaired) electrons. The molecule has 0 aliphatic carbocycles. The van der Waals surface area contributed by atoms with E-state index in [1.165, 1.54) is 6.07 Å². The maximum atomic E-state index is 11.0. The van der Waals surface area contributed by atoms with Crippen molar-refractivity contribution < 1.29 is 4.92 Å². The summed E-state index contributed by atoms with van der Waals surface area (Å²) in [5, 5.41) is 14.0. The largest absolute Gasteiger partial charge is 0.370 e. The number of nitro groups is 1. The molecule has 2 aromatic rings. The quantitative estimate of drug-likeness (QED) is 0.658. The second kappa shape index (κ2) is 4.82. The number of nitrogens with one attached hydrogen (secondary N) is 1. The van der Waals surface area contributed by atoms with Gasteiger partial charge in [-0.25, -0.2) is 9.97 Å². The molecular weight excluding hydrogens is 234 g/mol. The molecule has 2 aromatic heterocycles. The molecule has 7 heteroatoms. The number of anilines is 1. The number of imidazole rings is 1. The normalized spacial score (nSPS) is 10.3. The minimum absolute atomic E-state index is 0.0437. The third-order valence-electron chi connectivity index (χ3n) is 2.46. The van der Waals surface area contributed by atoms with Crippen LogP contribution in [0.5, 0.6) is 0 Å². The van der Waals surface area contributed by atoms with Crippen molar-refractivity contribution in [2.45, 2.75) is 13.8 Å². The van der Waals surface area contributed by atoms with E-state index in [-0.39, 0.29) is 11.5 Å². The van der Waals surface area contributed by atoms with Crippen molar-refractivity contribution in [1.29, 1.82) is 0 Å². The summed E-state index contributed by atoms with van der Waals surface area (Å²) >= 11 is 0. The molecule has 18 heavy (non-hydrogen) atoms. The monoisotopic (exact) mass is 247 g/mol. The third-order valence-corrected chi connectivity index (χ3v) is 2.46. The van der Waals surface area contributed by atoms with E-state index in [4.69, 9.17) is 0 Å². The molecule has 0 saturated heterocycles. The van der Waals surface area contributed by atoms with Crippen LogP contribution in [0.15, 0.2) is 24.5 Å². The van der Waals surface area contributed by atoms with Crippen molar-refractivity contribution in [2.75, 3.05) is 11.9 Å². The first-order valence-electron chi connectivity index (χ1n) is 5.53. The Balaban J connectivity index is 2.58. The number of hydrogen-bond donors (Lipinski definition) is 1. The molecule has 0 bridgehead atoms. The minimum Gasteiger partial charge on any atom is -0.370 e. The average molecular weight is 247 g/mol. The zero-order valence-electron chi connectivity index (χ0n) is 10.1. The fraction of sp³-hybridized carbons (Fsp3) is 0.273. The Morgan fingerprint density at radius 3 is 2.83 bits per heavy atom. The van der Waals surface area contributed by atoms with E-state index in [0.29, 0.717) is 18.2 Å². The summed E-state index contributed by atoms with van der Waals surface area (Å²) in [4.78, 5) is 18.9. The zero-order chi connectivity index (χ0) is 13.1. The third kappa shape index (κ3) is 2.15. The number of pyridine rings is 1. The van der Waals surface area contributed by atoms with Crippen LogP contribution in [0.3, 0.4) is 0 Å². The molecule has 0 fully saturated rings. The Bertz CT molecular complexity index is 579. The van der Waals surface area contributed by atoms with Crippen molar-refractivity contribution in [1.82, 2.24) is 14.5 Å². The summed E-state index contributed by atoms with van der Waals surface area (Å²) in [7, 11) is 0. The van der Waals surface area contributed by atoms with Gasteiger partial charge in [-0.3, -0.25) is 14.7 Å². The lowest BCUT2D eigenvalue weighted by Crippen LogP contribution is -2.07. The molecule has 1 N–H and O–H groups in total. The first kappa shape index (κ1) is 12.0. The highest BCUT2D eigenvalue weighted by Crippen LogP contribution is 2.23. The number of nitrogens with zero attached hydrogens (tertiary/aromatic N) is 4. The molecule has 0 spiro atoms. The van der Waals surface area contributed by atoms with Crippen LogP contribution in [0.25, 0.3) is 5.82 Å². The molecular formula is C11H13N5O2. The van der Waals surface area contributed by atoms with Gasteiger partial charge in [-0.05, 0) is 19.9 Å². The first-order chi connectivity index (χ1) is 8.63. The van der Waals surface area contributed by atoms with Gasteiger partial charge in [0.15, 0.2) is 0 Å². The van der Waals surface area contributed by atoms with Crippen LogP contribution in [0, 0.1) is 17.0 Å². The fourth-order valence-electron chi connectivity index (χ4n) is 1.64. The van der Waals surface area contributed by atoms with Gasteiger partial charge in [0.1, 0.15) is 11.6 Å². The number of rotatable bonds is 4. The van der Waals surface area contributed by atoms with Crippen LogP contribution in [0.4, 0.5) is 11.5 Å². The minimum atomic E-state index is -0.447. The summed E-state index contributed by atoms with van der Waals surface area (Å²) in [5.41, 5.74) is -0.0437. The standard InChI is InChI=1S/C11H13N5O2/c1-3-12-10-5-4-9(16(17)18)11(14-10)15-7-6-13-8(15)2/h4-7H,3H2,1-2H3,(H,12,14). The van der Waals surface area contributed by atoms with E-state index < -0.39 is 4.92 Å². The van der Waals surface area contributed by atoms with Gasteiger partial charge >= 0.3 is 5.69 Å². The van der Waals surface area contributed by atoms with Gasteiger partial charge in [0.25, 0.3) is 0 Å². The Kier molecular flexibility index (Phi) is 3.22. The van der Waals surface area contributed by atoms with Gasteiger partial charge in [0, 0.05) is 25.0 Å². The Morgan fingerprint density at radius 1 is 1.50 bits per heavy atom. The second-order valence-corrected chi connectivity index (χ2v) is 3.67. The Hall–Kier alpha value is -2.44. The molecule has 0 amide bonds. The summed E-state index contributed by atoms with van der Waals surface area (Å²) in [6.45, 7) is 4.41. The predicted molar refractivity (Wildman–Crippen MR) is 66.9 cm³/mol. The van der Waals surface area contributed by atoms with Crippen molar-refractivity contribution >= 4 is 11.5 Å². The summed E-state index contributed by atoms with van der Waals surface area (Å²) < 4.78 is 1.60. The lowest BCUT2D eigenvalue weighted by atomic mass is 10.3. The van der Waals surface area contributed by atoms with Crippen LogP contribution in [0.1, 0.15) is 12.7 Å². The molecule has 0 aromatic carbocycles. The number of hydrogen-bond acceptors (Lipinski definition) is 5.